The van der Waals surface area contributed by atoms with Crippen LogP contribution in [-0.4, -0.2) is 73.0 Å². The number of carbonyl (C=O) groups is 3. The van der Waals surface area contributed by atoms with Gasteiger partial charge in [-0.3, -0.25) is 19.3 Å². The smallest absolute Gasteiger partial charge is 0.261 e. The van der Waals surface area contributed by atoms with E-state index < -0.39 is 21.8 Å². The molecule has 162 valence electrons. The lowest BCUT2D eigenvalue weighted by molar-refractivity contribution is -0.132. The molecule has 0 unspecified atom stereocenters. The normalized spacial score (nSPS) is 17.2. The second-order valence-corrected chi connectivity index (χ2v) is 9.67. The van der Waals surface area contributed by atoms with Crippen molar-refractivity contribution in [2.24, 2.45) is 0 Å². The van der Waals surface area contributed by atoms with Crippen LogP contribution in [0.1, 0.15) is 27.1 Å². The molecule has 2 heterocycles. The summed E-state index contributed by atoms with van der Waals surface area (Å²) in [5.74, 6) is -1.01. The topological polar surface area (TPSA) is 95.1 Å². The van der Waals surface area contributed by atoms with Crippen LogP contribution in [0.25, 0.3) is 0 Å². The summed E-state index contributed by atoms with van der Waals surface area (Å²) >= 11 is 5.82. The second kappa shape index (κ2) is 8.41. The van der Waals surface area contributed by atoms with Crippen molar-refractivity contribution in [2.45, 2.75) is 11.3 Å². The third-order valence-electron chi connectivity index (χ3n) is 5.47. The van der Waals surface area contributed by atoms with Crippen molar-refractivity contribution in [1.82, 2.24) is 14.1 Å². The number of hydrogen-bond donors (Lipinski definition) is 0. The van der Waals surface area contributed by atoms with Crippen LogP contribution in [0.4, 0.5) is 0 Å². The van der Waals surface area contributed by atoms with Gasteiger partial charge in [0, 0.05) is 44.2 Å². The number of amides is 3. The summed E-state index contributed by atoms with van der Waals surface area (Å²) < 4.78 is 26.8. The Labute approximate surface area is 185 Å². The molecule has 0 aromatic heterocycles. The third-order valence-corrected chi connectivity index (χ3v) is 7.64. The van der Waals surface area contributed by atoms with Gasteiger partial charge in [0.05, 0.1) is 16.0 Å². The number of piperazine rings is 1. The van der Waals surface area contributed by atoms with Crippen molar-refractivity contribution in [2.75, 3.05) is 32.7 Å². The van der Waals surface area contributed by atoms with Gasteiger partial charge in [0.25, 0.3) is 11.8 Å². The first-order valence-corrected chi connectivity index (χ1v) is 11.6. The highest BCUT2D eigenvalue weighted by Gasteiger charge is 2.36. The summed E-state index contributed by atoms with van der Waals surface area (Å²) in [6, 6.07) is 12.5. The van der Waals surface area contributed by atoms with E-state index in [0.717, 1.165) is 4.90 Å². The maximum absolute atomic E-state index is 12.8. The number of carbonyl (C=O) groups excluding carboxylic acids is 3. The van der Waals surface area contributed by atoms with Gasteiger partial charge in [-0.1, -0.05) is 23.7 Å². The van der Waals surface area contributed by atoms with Crippen LogP contribution in [0.3, 0.4) is 0 Å². The van der Waals surface area contributed by atoms with E-state index in [1.54, 1.807) is 29.2 Å². The first-order valence-electron chi connectivity index (χ1n) is 9.78. The van der Waals surface area contributed by atoms with E-state index >= 15 is 0 Å². The summed E-state index contributed by atoms with van der Waals surface area (Å²) in [5.41, 5.74) is 0.696. The average Bonchev–Trinajstić information content (AvgIpc) is 3.02. The molecule has 2 aliphatic rings. The first-order chi connectivity index (χ1) is 14.8. The van der Waals surface area contributed by atoms with Gasteiger partial charge in [-0.25, -0.2) is 8.42 Å². The van der Waals surface area contributed by atoms with Gasteiger partial charge >= 0.3 is 0 Å². The fourth-order valence-electron chi connectivity index (χ4n) is 3.74. The van der Waals surface area contributed by atoms with E-state index in [-0.39, 0.29) is 49.9 Å². The highest BCUT2D eigenvalue weighted by molar-refractivity contribution is 7.89. The minimum absolute atomic E-state index is 0.00456. The Bertz CT molecular complexity index is 1110. The number of hydrogen-bond acceptors (Lipinski definition) is 5. The van der Waals surface area contributed by atoms with E-state index in [1.807, 2.05) is 0 Å². The standard InChI is InChI=1S/C21H20ClN3O5S/c22-15-5-7-16(8-6-15)31(29,30)24-13-11-23(12-14-24)19(26)9-10-25-20(27)17-3-1-2-4-18(17)21(25)28/h1-8H,9-14H2. The van der Waals surface area contributed by atoms with Crippen LogP contribution >= 0.6 is 11.6 Å². The van der Waals surface area contributed by atoms with E-state index in [0.29, 0.717) is 16.1 Å². The number of imide groups is 1. The Balaban J connectivity index is 1.32. The molecule has 4 rings (SSSR count). The van der Waals surface area contributed by atoms with Gasteiger partial charge in [0.2, 0.25) is 15.9 Å². The van der Waals surface area contributed by atoms with E-state index in [4.69, 9.17) is 11.6 Å². The van der Waals surface area contributed by atoms with Crippen molar-refractivity contribution in [1.29, 1.82) is 0 Å². The summed E-state index contributed by atoms with van der Waals surface area (Å²) in [6.45, 7) is 0.823. The molecule has 1 saturated heterocycles. The Hall–Kier alpha value is -2.75. The van der Waals surface area contributed by atoms with Crippen LogP contribution in [0.2, 0.25) is 5.02 Å². The third kappa shape index (κ3) is 4.08. The van der Waals surface area contributed by atoms with Crippen LogP contribution in [0.15, 0.2) is 53.4 Å². The van der Waals surface area contributed by atoms with Crippen LogP contribution < -0.4 is 0 Å². The molecule has 2 aromatic carbocycles. The number of nitrogens with zero attached hydrogens (tertiary/aromatic N) is 3. The minimum atomic E-state index is -3.66. The highest BCUT2D eigenvalue weighted by atomic mass is 35.5. The number of halogens is 1. The summed E-state index contributed by atoms with van der Waals surface area (Å²) in [5, 5.41) is 0.451. The van der Waals surface area contributed by atoms with E-state index in [9.17, 15) is 22.8 Å². The molecule has 0 radical (unpaired) electrons. The van der Waals surface area contributed by atoms with Gasteiger partial charge in [-0.15, -0.1) is 0 Å². The molecule has 8 nitrogen and oxygen atoms in total. The zero-order valence-corrected chi connectivity index (χ0v) is 18.1. The second-order valence-electron chi connectivity index (χ2n) is 7.30. The van der Waals surface area contributed by atoms with Gasteiger partial charge < -0.3 is 4.90 Å². The maximum Gasteiger partial charge on any atom is 0.261 e. The number of rotatable bonds is 5. The molecular formula is C21H20ClN3O5S. The van der Waals surface area contributed by atoms with Crippen molar-refractivity contribution < 1.29 is 22.8 Å². The monoisotopic (exact) mass is 461 g/mol. The molecule has 10 heteroatoms. The van der Waals surface area contributed by atoms with Gasteiger partial charge in [0.1, 0.15) is 0 Å². The van der Waals surface area contributed by atoms with E-state index in [2.05, 4.69) is 0 Å². The number of fused-ring (bicyclic) bond motifs is 1. The predicted molar refractivity (Wildman–Crippen MR) is 113 cm³/mol. The molecule has 0 N–H and O–H groups in total. The lowest BCUT2D eigenvalue weighted by Crippen LogP contribution is -2.51. The average molecular weight is 462 g/mol. The van der Waals surface area contributed by atoms with Crippen molar-refractivity contribution in [3.8, 4) is 0 Å². The molecule has 2 aliphatic heterocycles. The summed E-state index contributed by atoms with van der Waals surface area (Å²) in [6.07, 6.45) is -0.00456. The fraction of sp³-hybridized carbons (Fsp3) is 0.286. The van der Waals surface area contributed by atoms with Crippen LogP contribution in [0, 0.1) is 0 Å². The van der Waals surface area contributed by atoms with Gasteiger partial charge in [-0.2, -0.15) is 4.31 Å². The van der Waals surface area contributed by atoms with Gasteiger partial charge in [-0.05, 0) is 36.4 Å². The lowest BCUT2D eigenvalue weighted by atomic mass is 10.1. The van der Waals surface area contributed by atoms with Crippen LogP contribution in [0.5, 0.6) is 0 Å². The Morgan fingerprint density at radius 1 is 0.871 bits per heavy atom. The van der Waals surface area contributed by atoms with Crippen molar-refractivity contribution in [3.05, 3.63) is 64.7 Å². The Morgan fingerprint density at radius 2 is 1.42 bits per heavy atom. The Kier molecular flexibility index (Phi) is 5.83. The molecule has 0 aliphatic carbocycles. The molecule has 1 fully saturated rings. The van der Waals surface area contributed by atoms with Crippen molar-refractivity contribution in [3.63, 3.8) is 0 Å². The lowest BCUT2D eigenvalue weighted by Gasteiger charge is -2.34. The minimum Gasteiger partial charge on any atom is -0.340 e. The number of benzene rings is 2. The van der Waals surface area contributed by atoms with Gasteiger partial charge in [0.15, 0.2) is 0 Å². The number of sulfonamides is 1. The molecule has 0 saturated carbocycles. The highest BCUT2D eigenvalue weighted by Crippen LogP contribution is 2.23. The fourth-order valence-corrected chi connectivity index (χ4v) is 5.29. The SMILES string of the molecule is O=C(CCN1C(=O)c2ccccc2C1=O)N1CCN(S(=O)(=O)c2ccc(Cl)cc2)CC1. The first kappa shape index (κ1) is 21.5. The Morgan fingerprint density at radius 3 is 1.97 bits per heavy atom. The molecular weight excluding hydrogens is 442 g/mol. The van der Waals surface area contributed by atoms with Crippen molar-refractivity contribution >= 4 is 39.3 Å². The zero-order chi connectivity index (χ0) is 22.2. The van der Waals surface area contributed by atoms with Crippen LogP contribution in [-0.2, 0) is 14.8 Å². The summed E-state index contributed by atoms with van der Waals surface area (Å²) in [7, 11) is -3.66. The molecule has 0 bridgehead atoms. The molecule has 0 atom stereocenters. The predicted octanol–water partition coefficient (Wildman–Crippen LogP) is 1.86. The zero-order valence-electron chi connectivity index (χ0n) is 16.5. The quantitative estimate of drug-likeness (QED) is 0.633. The largest absolute Gasteiger partial charge is 0.340 e. The summed E-state index contributed by atoms with van der Waals surface area (Å²) in [4.78, 5) is 40.2. The maximum atomic E-state index is 12.8. The molecule has 0 spiro atoms. The molecule has 3 amide bonds. The molecule has 31 heavy (non-hydrogen) atoms. The van der Waals surface area contributed by atoms with E-state index in [1.165, 1.54) is 28.6 Å². The molecule has 2 aromatic rings.